The summed E-state index contributed by atoms with van der Waals surface area (Å²) in [6.07, 6.45) is 0. The van der Waals surface area contributed by atoms with E-state index in [2.05, 4.69) is 200 Å². The van der Waals surface area contributed by atoms with Gasteiger partial charge in [0, 0.05) is 16.7 Å². The molecule has 1 aliphatic carbocycles. The van der Waals surface area contributed by atoms with Crippen molar-refractivity contribution in [3.63, 3.8) is 0 Å². The van der Waals surface area contributed by atoms with Gasteiger partial charge in [-0.05, 0) is 100 Å². The third-order valence-corrected chi connectivity index (χ3v) is 12.3. The molecule has 0 spiro atoms. The second kappa shape index (κ2) is 14.8. The number of aromatic nitrogens is 3. The molecule has 1 aromatic heterocycles. The summed E-state index contributed by atoms with van der Waals surface area (Å²) in [5.74, 6) is 1.89. The molecule has 0 saturated heterocycles. The summed E-state index contributed by atoms with van der Waals surface area (Å²) in [5.41, 5.74) is 17.2. The minimum atomic E-state index is 0.622. The zero-order valence-electron chi connectivity index (χ0n) is 33.7. The van der Waals surface area contributed by atoms with Gasteiger partial charge in [0.05, 0.1) is 0 Å². The molecule has 62 heavy (non-hydrogen) atoms. The molecule has 0 radical (unpaired) electrons. The summed E-state index contributed by atoms with van der Waals surface area (Å²) in [6, 6.07) is 80.0. The predicted molar refractivity (Wildman–Crippen MR) is 257 cm³/mol. The minimum absolute atomic E-state index is 0.622. The lowest BCUT2D eigenvalue weighted by atomic mass is 9.87. The molecule has 0 saturated carbocycles. The lowest BCUT2D eigenvalue weighted by molar-refractivity contribution is 1.07. The van der Waals surface area contributed by atoms with Crippen LogP contribution in [-0.2, 0) is 0 Å². The van der Waals surface area contributed by atoms with Crippen LogP contribution in [0.2, 0.25) is 0 Å². The van der Waals surface area contributed by atoms with Gasteiger partial charge in [-0.25, -0.2) is 15.0 Å². The second-order valence-corrected chi connectivity index (χ2v) is 15.9. The Balaban J connectivity index is 1.01. The predicted octanol–water partition coefficient (Wildman–Crippen LogP) is 15.5. The molecular formula is C59H37N3. The molecule has 0 atom stereocenters. The van der Waals surface area contributed by atoms with Crippen molar-refractivity contribution < 1.29 is 0 Å². The molecular weight excluding hydrogens is 751 g/mol. The first kappa shape index (κ1) is 35.7. The topological polar surface area (TPSA) is 38.7 Å². The largest absolute Gasteiger partial charge is 0.208 e. The van der Waals surface area contributed by atoms with E-state index in [4.69, 9.17) is 15.0 Å². The maximum Gasteiger partial charge on any atom is 0.164 e. The molecule has 0 aliphatic heterocycles. The summed E-state index contributed by atoms with van der Waals surface area (Å²) in [7, 11) is 0. The summed E-state index contributed by atoms with van der Waals surface area (Å²) in [4.78, 5) is 15.5. The number of benzene rings is 10. The first-order valence-corrected chi connectivity index (χ1v) is 21.1. The average Bonchev–Trinajstić information content (AvgIpc) is 3.68. The van der Waals surface area contributed by atoms with Crippen LogP contribution in [0, 0.1) is 0 Å². The molecule has 0 unspecified atom stereocenters. The molecule has 0 amide bonds. The number of rotatable bonds is 7. The van der Waals surface area contributed by atoms with Crippen LogP contribution in [0.3, 0.4) is 0 Å². The molecule has 288 valence electrons. The highest BCUT2D eigenvalue weighted by molar-refractivity contribution is 6.18. The van der Waals surface area contributed by atoms with Crippen LogP contribution in [0.25, 0.3) is 122 Å². The zero-order chi connectivity index (χ0) is 41.0. The highest BCUT2D eigenvalue weighted by Gasteiger charge is 2.23. The smallest absolute Gasteiger partial charge is 0.164 e. The molecule has 10 aromatic carbocycles. The van der Waals surface area contributed by atoms with E-state index >= 15 is 0 Å². The fourth-order valence-electron chi connectivity index (χ4n) is 9.44. The monoisotopic (exact) mass is 787 g/mol. The number of fused-ring (bicyclic) bond motifs is 4. The van der Waals surface area contributed by atoms with Gasteiger partial charge in [-0.3, -0.25) is 0 Å². The lowest BCUT2D eigenvalue weighted by Crippen LogP contribution is -2.01. The van der Waals surface area contributed by atoms with Crippen molar-refractivity contribution in [2.45, 2.75) is 0 Å². The van der Waals surface area contributed by atoms with Crippen molar-refractivity contribution in [3.8, 4) is 101 Å². The molecule has 0 N–H and O–H groups in total. The van der Waals surface area contributed by atoms with E-state index in [0.29, 0.717) is 17.5 Å². The second-order valence-electron chi connectivity index (χ2n) is 15.9. The summed E-state index contributed by atoms with van der Waals surface area (Å²) in [5, 5.41) is 4.98. The Kier molecular flexibility index (Phi) is 8.50. The van der Waals surface area contributed by atoms with Crippen LogP contribution in [0.4, 0.5) is 0 Å². The summed E-state index contributed by atoms with van der Waals surface area (Å²) < 4.78 is 0. The van der Waals surface area contributed by atoms with Gasteiger partial charge in [0.2, 0.25) is 0 Å². The van der Waals surface area contributed by atoms with E-state index in [1.54, 1.807) is 0 Å². The molecule has 3 nitrogen and oxygen atoms in total. The first-order valence-electron chi connectivity index (χ1n) is 21.1. The van der Waals surface area contributed by atoms with Crippen molar-refractivity contribution in [1.82, 2.24) is 15.0 Å². The maximum atomic E-state index is 5.24. The fourth-order valence-corrected chi connectivity index (χ4v) is 9.44. The summed E-state index contributed by atoms with van der Waals surface area (Å²) in [6.45, 7) is 0. The third-order valence-electron chi connectivity index (χ3n) is 12.3. The zero-order valence-corrected chi connectivity index (χ0v) is 33.7. The van der Waals surface area contributed by atoms with E-state index < -0.39 is 0 Å². The molecule has 0 fully saturated rings. The third kappa shape index (κ3) is 6.02. The highest BCUT2D eigenvalue weighted by atomic mass is 15.0. The van der Waals surface area contributed by atoms with Crippen LogP contribution < -0.4 is 0 Å². The van der Waals surface area contributed by atoms with Gasteiger partial charge in [-0.1, -0.05) is 212 Å². The number of hydrogen-bond acceptors (Lipinski definition) is 3. The summed E-state index contributed by atoms with van der Waals surface area (Å²) >= 11 is 0. The van der Waals surface area contributed by atoms with E-state index in [0.717, 1.165) is 38.9 Å². The molecule has 11 aromatic rings. The minimum Gasteiger partial charge on any atom is -0.208 e. The van der Waals surface area contributed by atoms with Gasteiger partial charge < -0.3 is 0 Å². The Morgan fingerprint density at radius 3 is 1.47 bits per heavy atom. The van der Waals surface area contributed by atoms with Gasteiger partial charge >= 0.3 is 0 Å². The Hall–Kier alpha value is -8.27. The van der Waals surface area contributed by atoms with Crippen LogP contribution in [0.5, 0.6) is 0 Å². The lowest BCUT2D eigenvalue weighted by Gasteiger charge is -2.17. The molecule has 1 aliphatic rings. The Bertz CT molecular complexity index is 3490. The average molecular weight is 788 g/mol. The van der Waals surface area contributed by atoms with Crippen molar-refractivity contribution in [1.29, 1.82) is 0 Å². The van der Waals surface area contributed by atoms with Crippen LogP contribution >= 0.6 is 0 Å². The number of hydrogen-bond donors (Lipinski definition) is 0. The fraction of sp³-hybridized carbons (Fsp3) is 0. The van der Waals surface area contributed by atoms with Gasteiger partial charge in [0.15, 0.2) is 17.5 Å². The van der Waals surface area contributed by atoms with E-state index in [1.165, 1.54) is 66.1 Å². The van der Waals surface area contributed by atoms with Crippen molar-refractivity contribution in [3.05, 3.63) is 224 Å². The van der Waals surface area contributed by atoms with E-state index in [9.17, 15) is 0 Å². The molecule has 3 heteroatoms. The Morgan fingerprint density at radius 2 is 0.694 bits per heavy atom. The van der Waals surface area contributed by atoms with Crippen LogP contribution in [0.1, 0.15) is 0 Å². The van der Waals surface area contributed by atoms with E-state index in [1.807, 2.05) is 24.3 Å². The van der Waals surface area contributed by atoms with Gasteiger partial charge in [-0.2, -0.15) is 0 Å². The van der Waals surface area contributed by atoms with Gasteiger partial charge in [-0.15, -0.1) is 0 Å². The van der Waals surface area contributed by atoms with E-state index in [-0.39, 0.29) is 0 Å². The molecule has 12 rings (SSSR count). The highest BCUT2D eigenvalue weighted by Crippen LogP contribution is 2.49. The number of nitrogens with zero attached hydrogens (tertiary/aromatic N) is 3. The quantitative estimate of drug-likeness (QED) is 0.161. The van der Waals surface area contributed by atoms with Crippen molar-refractivity contribution in [2.75, 3.05) is 0 Å². The molecule has 1 heterocycles. The molecule has 0 bridgehead atoms. The van der Waals surface area contributed by atoms with Crippen LogP contribution in [-0.4, -0.2) is 15.0 Å². The van der Waals surface area contributed by atoms with Gasteiger partial charge in [0.1, 0.15) is 0 Å². The standard InChI is InChI=1S/C59H37N3/c1-3-16-38(17-4-1)45-25-9-12-29-54(45)59-61-57(40-19-5-2-6-20-40)60-58(62-59)44-24-14-23-43(37-44)55-47-26-8-7-18-39(47)32-33-48(55)42-22-13-21-41(36-42)46-34-35-53-50-28-11-10-27-49(50)52-31-15-30-51(46)56(52)53/h1-37H. The maximum absolute atomic E-state index is 5.24. The Labute approximate surface area is 360 Å². The van der Waals surface area contributed by atoms with Crippen molar-refractivity contribution >= 4 is 21.5 Å². The first-order chi connectivity index (χ1) is 30.7. The normalized spacial score (nSPS) is 11.5. The van der Waals surface area contributed by atoms with Crippen LogP contribution in [0.15, 0.2) is 224 Å². The SMILES string of the molecule is c1ccc(-c2nc(-c3cccc(-c4c(-c5cccc(-c6ccc7c8c(cccc68)-c6ccccc6-7)c5)ccc5ccccc45)c3)nc(-c3ccccc3-c3ccccc3)n2)cc1. The van der Waals surface area contributed by atoms with Crippen molar-refractivity contribution in [2.24, 2.45) is 0 Å². The Morgan fingerprint density at radius 1 is 0.226 bits per heavy atom. The van der Waals surface area contributed by atoms with Gasteiger partial charge in [0.25, 0.3) is 0 Å².